The second-order valence-electron chi connectivity index (χ2n) is 15.7. The highest BCUT2D eigenvalue weighted by atomic mass is 15.1. The van der Waals surface area contributed by atoms with Crippen molar-refractivity contribution in [3.63, 3.8) is 0 Å². The fourth-order valence-corrected chi connectivity index (χ4v) is 9.14. The summed E-state index contributed by atoms with van der Waals surface area (Å²) in [4.78, 5) is 2.47. The summed E-state index contributed by atoms with van der Waals surface area (Å²) in [5.74, 6) is 0. The number of benzene rings is 10. The third-order valence-corrected chi connectivity index (χ3v) is 12.0. The van der Waals surface area contributed by atoms with Crippen molar-refractivity contribution in [3.8, 4) is 61.3 Å². The van der Waals surface area contributed by atoms with Crippen LogP contribution in [0.25, 0.3) is 83.1 Å². The highest BCUT2D eigenvalue weighted by Gasteiger charge is 2.23. The van der Waals surface area contributed by atoms with Gasteiger partial charge in [0.25, 0.3) is 0 Å². The zero-order valence-corrected chi connectivity index (χ0v) is 34.1. The minimum Gasteiger partial charge on any atom is -0.310 e. The van der Waals surface area contributed by atoms with E-state index in [-0.39, 0.29) is 0 Å². The topological polar surface area (TPSA) is 8.17 Å². The Morgan fingerprint density at radius 3 is 1.45 bits per heavy atom. The molecule has 0 radical (unpaired) electrons. The minimum atomic E-state index is 1.08. The first-order valence-corrected chi connectivity index (χ1v) is 21.3. The van der Waals surface area contributed by atoms with E-state index < -0.39 is 0 Å². The summed E-state index contributed by atoms with van der Waals surface area (Å²) in [7, 11) is 0. The number of hydrogen-bond donors (Lipinski definition) is 0. The van der Waals surface area contributed by atoms with E-state index in [9.17, 15) is 0 Å². The number of aromatic nitrogens is 1. The maximum Gasteiger partial charge on any atom is 0.0562 e. The van der Waals surface area contributed by atoms with E-state index in [0.717, 1.165) is 33.8 Å². The quantitative estimate of drug-likeness (QED) is 0.141. The minimum absolute atomic E-state index is 1.08. The van der Waals surface area contributed by atoms with Gasteiger partial charge in [0.2, 0.25) is 0 Å². The summed E-state index contributed by atoms with van der Waals surface area (Å²) in [6, 6.07) is 92.1. The van der Waals surface area contributed by atoms with Crippen molar-refractivity contribution >= 4 is 38.9 Å². The molecule has 0 aliphatic heterocycles. The van der Waals surface area contributed by atoms with Crippen LogP contribution in [-0.2, 0) is 0 Å². The molecular formula is C60H42N2. The lowest BCUT2D eigenvalue weighted by Gasteiger charge is -2.28. The molecule has 11 aromatic rings. The smallest absolute Gasteiger partial charge is 0.0562 e. The average Bonchev–Trinajstić information content (AvgIpc) is 3.70. The second kappa shape index (κ2) is 16.1. The Morgan fingerprint density at radius 2 is 0.742 bits per heavy atom. The summed E-state index contributed by atoms with van der Waals surface area (Å²) in [5.41, 5.74) is 18.6. The molecule has 292 valence electrons. The van der Waals surface area contributed by atoms with E-state index in [1.165, 1.54) is 66.4 Å². The Balaban J connectivity index is 1.15. The average molecular weight is 791 g/mol. The molecule has 0 spiro atoms. The molecule has 0 atom stereocenters. The molecule has 62 heavy (non-hydrogen) atoms. The molecule has 0 saturated carbocycles. The van der Waals surface area contributed by atoms with Gasteiger partial charge in [-0.1, -0.05) is 200 Å². The van der Waals surface area contributed by atoms with Crippen LogP contribution in [0.15, 0.2) is 255 Å². The maximum absolute atomic E-state index is 2.47. The first-order valence-electron chi connectivity index (χ1n) is 21.3. The first kappa shape index (κ1) is 36.8. The van der Waals surface area contributed by atoms with Gasteiger partial charge in [0.1, 0.15) is 0 Å². The Kier molecular flexibility index (Phi) is 9.57. The van der Waals surface area contributed by atoms with Gasteiger partial charge in [-0.15, -0.1) is 0 Å². The molecule has 1 aromatic heterocycles. The number of anilines is 3. The van der Waals surface area contributed by atoms with Crippen molar-refractivity contribution in [1.29, 1.82) is 0 Å². The highest BCUT2D eigenvalue weighted by Crippen LogP contribution is 2.47. The summed E-state index contributed by atoms with van der Waals surface area (Å²) in [6.07, 6.45) is 0. The number of rotatable bonds is 9. The lowest BCUT2D eigenvalue weighted by atomic mass is 9.92. The van der Waals surface area contributed by atoms with E-state index >= 15 is 0 Å². The zero-order chi connectivity index (χ0) is 41.2. The molecule has 0 bridgehead atoms. The highest BCUT2D eigenvalue weighted by molar-refractivity contribution is 6.16. The fourth-order valence-electron chi connectivity index (χ4n) is 9.14. The van der Waals surface area contributed by atoms with E-state index in [1.54, 1.807) is 0 Å². The van der Waals surface area contributed by atoms with Gasteiger partial charge in [0.15, 0.2) is 0 Å². The van der Waals surface area contributed by atoms with E-state index in [1.807, 2.05) is 0 Å². The van der Waals surface area contributed by atoms with Crippen molar-refractivity contribution < 1.29 is 0 Å². The summed E-state index contributed by atoms with van der Waals surface area (Å²) >= 11 is 0. The zero-order valence-electron chi connectivity index (χ0n) is 34.1. The number of fused-ring (bicyclic) bond motifs is 3. The number of para-hydroxylation sites is 2. The Labute approximate surface area is 362 Å². The second-order valence-corrected chi connectivity index (χ2v) is 15.7. The van der Waals surface area contributed by atoms with Gasteiger partial charge >= 0.3 is 0 Å². The van der Waals surface area contributed by atoms with Gasteiger partial charge in [-0.05, 0) is 110 Å². The lowest BCUT2D eigenvalue weighted by molar-refractivity contribution is 1.18. The molecule has 1 heterocycles. The monoisotopic (exact) mass is 790 g/mol. The van der Waals surface area contributed by atoms with Gasteiger partial charge in [-0.3, -0.25) is 0 Å². The molecule has 11 rings (SSSR count). The molecule has 0 aliphatic carbocycles. The molecular weight excluding hydrogens is 749 g/mol. The van der Waals surface area contributed by atoms with Crippen molar-refractivity contribution in [2.75, 3.05) is 4.90 Å². The largest absolute Gasteiger partial charge is 0.310 e. The summed E-state index contributed by atoms with van der Waals surface area (Å²) in [6.45, 7) is 0. The Hall–Kier alpha value is -8.20. The van der Waals surface area contributed by atoms with Crippen LogP contribution in [-0.4, -0.2) is 4.57 Å². The van der Waals surface area contributed by atoms with Crippen molar-refractivity contribution in [2.24, 2.45) is 0 Å². The third kappa shape index (κ3) is 6.74. The van der Waals surface area contributed by atoms with Crippen LogP contribution in [0.4, 0.5) is 17.1 Å². The summed E-state index contributed by atoms with van der Waals surface area (Å²) < 4.78 is 2.40. The third-order valence-electron chi connectivity index (χ3n) is 12.0. The van der Waals surface area contributed by atoms with Gasteiger partial charge in [-0.2, -0.15) is 0 Å². The van der Waals surface area contributed by atoms with Crippen molar-refractivity contribution in [2.45, 2.75) is 0 Å². The van der Waals surface area contributed by atoms with Crippen molar-refractivity contribution in [3.05, 3.63) is 255 Å². The van der Waals surface area contributed by atoms with Crippen LogP contribution < -0.4 is 4.90 Å². The number of nitrogens with zero attached hydrogens (tertiary/aromatic N) is 2. The molecule has 0 fully saturated rings. The molecule has 0 unspecified atom stereocenters. The molecule has 10 aromatic carbocycles. The Bertz CT molecular complexity index is 3310. The summed E-state index contributed by atoms with van der Waals surface area (Å²) in [5, 5.41) is 2.40. The SMILES string of the molecule is c1ccc(-c2ccc(-c3ccc(N(c4cccc(-c5ccccc5-c5ccccc5)c4)c4cccc5c4c4ccccc4n5-c4ccccc4)cc3-c3ccccc3)cc2)cc1. The predicted molar refractivity (Wildman–Crippen MR) is 263 cm³/mol. The molecule has 0 saturated heterocycles. The molecule has 2 nitrogen and oxygen atoms in total. The van der Waals surface area contributed by atoms with Crippen LogP contribution in [0.3, 0.4) is 0 Å². The molecule has 0 amide bonds. The Morgan fingerprint density at radius 1 is 0.274 bits per heavy atom. The fraction of sp³-hybridized carbons (Fsp3) is 0. The van der Waals surface area contributed by atoms with E-state index in [4.69, 9.17) is 0 Å². The van der Waals surface area contributed by atoms with Crippen LogP contribution in [0.5, 0.6) is 0 Å². The van der Waals surface area contributed by atoms with E-state index in [0.29, 0.717) is 0 Å². The van der Waals surface area contributed by atoms with Crippen LogP contribution in [0, 0.1) is 0 Å². The van der Waals surface area contributed by atoms with Gasteiger partial charge < -0.3 is 9.47 Å². The molecule has 2 heteroatoms. The van der Waals surface area contributed by atoms with Gasteiger partial charge in [-0.25, -0.2) is 0 Å². The lowest BCUT2D eigenvalue weighted by Crippen LogP contribution is -2.11. The van der Waals surface area contributed by atoms with Gasteiger partial charge in [0, 0.05) is 27.8 Å². The predicted octanol–water partition coefficient (Wildman–Crippen LogP) is 16.6. The molecule has 0 N–H and O–H groups in total. The standard InChI is InChI=1S/C60H42N2/c1-5-19-43(20-6-1)44-35-37-47(38-36-44)54-40-39-51(42-56(54)46-23-9-3-10-24-46)61(50-28-17-25-48(41-50)53-30-14-13-29-52(53)45-21-7-2-8-22-45)58-33-18-34-59-60(58)55-31-15-16-32-57(55)62(59)49-26-11-4-12-27-49/h1-42H. The van der Waals surface area contributed by atoms with Crippen LogP contribution in [0.2, 0.25) is 0 Å². The number of hydrogen-bond acceptors (Lipinski definition) is 1. The maximum atomic E-state index is 2.47. The molecule has 0 aliphatic rings. The van der Waals surface area contributed by atoms with E-state index in [2.05, 4.69) is 264 Å². The van der Waals surface area contributed by atoms with Gasteiger partial charge in [0.05, 0.1) is 16.7 Å². The van der Waals surface area contributed by atoms with Crippen LogP contribution in [0.1, 0.15) is 0 Å². The first-order chi connectivity index (χ1) is 30.8. The van der Waals surface area contributed by atoms with Crippen molar-refractivity contribution in [1.82, 2.24) is 4.57 Å². The van der Waals surface area contributed by atoms with Crippen LogP contribution >= 0.6 is 0 Å². The normalized spacial score (nSPS) is 11.2.